The molecule has 17 nitrogen and oxygen atoms in total. The van der Waals surface area contributed by atoms with E-state index in [4.69, 9.17) is 4.98 Å². The van der Waals surface area contributed by atoms with Crippen molar-refractivity contribution in [2.75, 3.05) is 25.0 Å². The number of amides is 4. The molecule has 1 atom stereocenters. The van der Waals surface area contributed by atoms with Crippen molar-refractivity contribution in [2.45, 2.75) is 88.7 Å². The lowest BCUT2D eigenvalue weighted by Crippen LogP contribution is -2.49. The number of nitrogens with zero attached hydrogens (tertiary/aromatic N) is 6. The third-order valence-corrected chi connectivity index (χ3v) is 14.4. The van der Waals surface area contributed by atoms with Crippen molar-refractivity contribution >= 4 is 40.5 Å². The number of nitrogens with one attached hydrogen (secondary N) is 3. The second kappa shape index (κ2) is 20.2. The summed E-state index contributed by atoms with van der Waals surface area (Å²) in [5, 5.41) is 24.6. The van der Waals surface area contributed by atoms with Gasteiger partial charge in [0.1, 0.15) is 11.3 Å². The molecule has 2 aliphatic heterocycles. The van der Waals surface area contributed by atoms with E-state index < -0.39 is 17.3 Å². The number of ether oxygens (including phenoxy) is 2. The lowest BCUT2D eigenvalue weighted by molar-refractivity contribution is -0.286. The van der Waals surface area contributed by atoms with Crippen LogP contribution in [0.1, 0.15) is 84.0 Å². The number of aromatic nitrogens is 5. The average molecular weight is 1020 g/mol. The van der Waals surface area contributed by atoms with Gasteiger partial charge in [-0.15, -0.1) is 8.78 Å². The minimum Gasteiger partial charge on any atom is -0.395 e. The van der Waals surface area contributed by atoms with Gasteiger partial charge in [0.15, 0.2) is 17.0 Å². The van der Waals surface area contributed by atoms with E-state index in [0.717, 1.165) is 22.3 Å². The monoisotopic (exact) mass is 1020 g/mol. The molecule has 1 saturated carbocycles. The van der Waals surface area contributed by atoms with Crippen molar-refractivity contribution < 1.29 is 42.5 Å². The maximum Gasteiger partial charge on any atom is 0.586 e. The molecule has 3 aliphatic rings. The number of aryl methyl sites for hydroxylation is 2. The van der Waals surface area contributed by atoms with Gasteiger partial charge in [-0.05, 0) is 91.1 Å². The summed E-state index contributed by atoms with van der Waals surface area (Å²) in [6.45, 7) is 5.01. The molecule has 5 heterocycles. The first-order valence-electron chi connectivity index (χ1n) is 24.9. The lowest BCUT2D eigenvalue weighted by atomic mass is 9.90. The fourth-order valence-electron chi connectivity index (χ4n) is 9.88. The van der Waals surface area contributed by atoms with Crippen molar-refractivity contribution in [1.82, 2.24) is 39.8 Å². The van der Waals surface area contributed by atoms with Crippen LogP contribution in [0, 0.1) is 6.92 Å². The summed E-state index contributed by atoms with van der Waals surface area (Å²) in [4.78, 5) is 77.7. The number of pyridine rings is 1. The summed E-state index contributed by atoms with van der Waals surface area (Å²) in [5.74, 6) is -0.819. The molecule has 1 aliphatic carbocycles. The van der Waals surface area contributed by atoms with Crippen LogP contribution in [0.2, 0.25) is 0 Å². The van der Waals surface area contributed by atoms with Gasteiger partial charge in [0.25, 0.3) is 11.5 Å². The standard InChI is InChI=1S/C56H55F2N9O8/c1-34-12-19-44(63-53(72)55(21-22-55)41-17-18-42-43(30-41)75-56(57,58)74-42)62-47(34)39-10-7-11-40(29-39)51(70)59-25-20-45(68)60-31-36-13-15-38(16-14-36)50-48-49(64-65(50)3)52(71)67(33-61-48)32-54(73)23-26-66(27-24-54)46(69)28-35(2)37-8-5-4-6-9-37/h4-19,29-30,33,35,73H,20-28,31-32H2,1-3H3,(H,59,70)(H,60,68)(H,62,63,72)/t35-/m1/s1. The van der Waals surface area contributed by atoms with E-state index >= 15 is 0 Å². The van der Waals surface area contributed by atoms with E-state index in [9.17, 15) is 37.9 Å². The first kappa shape index (κ1) is 50.2. The molecule has 4 amide bonds. The highest BCUT2D eigenvalue weighted by atomic mass is 19.3. The number of carbonyl (C=O) groups is 4. The number of benzene rings is 4. The second-order valence-corrected chi connectivity index (χ2v) is 19.8. The van der Waals surface area contributed by atoms with Crippen molar-refractivity contribution in [1.29, 1.82) is 0 Å². The van der Waals surface area contributed by atoms with Gasteiger partial charge >= 0.3 is 6.29 Å². The molecular formula is C56H55F2N9O8. The maximum absolute atomic E-state index is 13.7. The number of fused-ring (bicyclic) bond motifs is 2. The van der Waals surface area contributed by atoms with Crippen LogP contribution in [0.4, 0.5) is 14.6 Å². The fraction of sp³-hybridized carbons (Fsp3) is 0.321. The normalized spacial score (nSPS) is 16.3. The fourth-order valence-corrected chi connectivity index (χ4v) is 9.88. The van der Waals surface area contributed by atoms with E-state index in [-0.39, 0.29) is 84.0 Å². The smallest absolute Gasteiger partial charge is 0.395 e. The molecule has 10 rings (SSSR count). The zero-order valence-corrected chi connectivity index (χ0v) is 41.6. The van der Waals surface area contributed by atoms with Gasteiger partial charge in [-0.25, -0.2) is 9.97 Å². The van der Waals surface area contributed by atoms with E-state index in [2.05, 4.69) is 35.5 Å². The van der Waals surface area contributed by atoms with Crippen molar-refractivity contribution in [3.63, 3.8) is 0 Å². The minimum absolute atomic E-state index is 0.0234. The highest BCUT2D eigenvalue weighted by Gasteiger charge is 2.53. The van der Waals surface area contributed by atoms with Crippen LogP contribution in [0.3, 0.4) is 0 Å². The molecule has 19 heteroatoms. The first-order valence-corrected chi connectivity index (χ1v) is 24.9. The molecule has 75 heavy (non-hydrogen) atoms. The zero-order chi connectivity index (χ0) is 52.6. The molecule has 0 unspecified atom stereocenters. The molecule has 0 spiro atoms. The van der Waals surface area contributed by atoms with E-state index in [1.165, 1.54) is 23.0 Å². The molecule has 1 saturated heterocycles. The number of rotatable bonds is 16. The molecule has 4 aromatic carbocycles. The summed E-state index contributed by atoms with van der Waals surface area (Å²) < 4.78 is 39.4. The van der Waals surface area contributed by atoms with Crippen LogP contribution >= 0.6 is 0 Å². The molecule has 386 valence electrons. The molecule has 4 N–H and O–H groups in total. The van der Waals surface area contributed by atoms with Gasteiger partial charge in [0.2, 0.25) is 17.7 Å². The maximum atomic E-state index is 13.7. The van der Waals surface area contributed by atoms with Crippen LogP contribution < -0.4 is 31.0 Å². The number of aliphatic hydroxyl groups is 1. The second-order valence-electron chi connectivity index (χ2n) is 19.8. The third kappa shape index (κ3) is 10.7. The van der Waals surface area contributed by atoms with Crippen LogP contribution in [0.25, 0.3) is 33.5 Å². The van der Waals surface area contributed by atoms with Gasteiger partial charge < -0.3 is 35.4 Å². The SMILES string of the molecule is Cc1ccc(NC(=O)C2(c3ccc4c(c3)OC(F)(F)O4)CC2)nc1-c1cccc(C(=O)NCCC(=O)NCc2ccc(-c3c4ncn(CC5(O)CCN(C(=O)C[C@@H](C)c6ccccc6)CC5)c(=O)c4nn3C)cc2)c1. The quantitative estimate of drug-likeness (QED) is 0.0764. The Kier molecular flexibility index (Phi) is 13.5. The van der Waals surface area contributed by atoms with Gasteiger partial charge in [0.05, 0.1) is 35.3 Å². The predicted octanol–water partition coefficient (Wildman–Crippen LogP) is 7.14. The first-order chi connectivity index (χ1) is 36.0. The van der Waals surface area contributed by atoms with Gasteiger partial charge in [-0.3, -0.25) is 33.2 Å². The number of hydrogen-bond donors (Lipinski definition) is 4. The molecular weight excluding hydrogens is 965 g/mol. The molecule has 0 radical (unpaired) electrons. The van der Waals surface area contributed by atoms with E-state index in [0.29, 0.717) is 78.8 Å². The van der Waals surface area contributed by atoms with Crippen LogP contribution in [-0.2, 0) is 39.9 Å². The Labute approximate surface area is 429 Å². The Balaban J connectivity index is 0.693. The van der Waals surface area contributed by atoms with E-state index in [1.54, 1.807) is 59.1 Å². The Morgan fingerprint density at radius 1 is 0.827 bits per heavy atom. The highest BCUT2D eigenvalue weighted by molar-refractivity contribution is 6.01. The largest absolute Gasteiger partial charge is 0.586 e. The number of anilines is 1. The summed E-state index contributed by atoms with van der Waals surface area (Å²) in [5.41, 5.74) is 4.25. The minimum atomic E-state index is -3.77. The number of carbonyl (C=O) groups excluding carboxylic acids is 4. The number of halogens is 2. The predicted molar refractivity (Wildman–Crippen MR) is 274 cm³/mol. The Morgan fingerprint density at radius 3 is 2.32 bits per heavy atom. The van der Waals surface area contributed by atoms with Gasteiger partial charge in [-0.1, -0.05) is 85.8 Å². The topological polar surface area (TPSA) is 212 Å². The number of piperidine rings is 1. The summed E-state index contributed by atoms with van der Waals surface area (Å²) in [7, 11) is 1.73. The van der Waals surface area contributed by atoms with E-state index in [1.807, 2.05) is 68.4 Å². The Morgan fingerprint density at radius 2 is 1.57 bits per heavy atom. The molecule has 3 aromatic heterocycles. The van der Waals surface area contributed by atoms with Gasteiger partial charge in [0, 0.05) is 62.8 Å². The van der Waals surface area contributed by atoms with Crippen LogP contribution in [-0.4, -0.2) is 89.5 Å². The summed E-state index contributed by atoms with van der Waals surface area (Å²) >= 11 is 0. The van der Waals surface area contributed by atoms with Crippen molar-refractivity contribution in [3.8, 4) is 34.0 Å². The zero-order valence-electron chi connectivity index (χ0n) is 41.6. The lowest BCUT2D eigenvalue weighted by Gasteiger charge is -2.38. The number of hydrogen-bond acceptors (Lipinski definition) is 11. The number of alkyl halides is 2. The van der Waals surface area contributed by atoms with Gasteiger partial charge in [-0.2, -0.15) is 5.10 Å². The van der Waals surface area contributed by atoms with Crippen molar-refractivity contribution in [2.24, 2.45) is 7.05 Å². The summed E-state index contributed by atoms with van der Waals surface area (Å²) in [6.07, 6.45) is -0.249. The Hall–Kier alpha value is -8.32. The Bertz CT molecular complexity index is 3410. The molecule has 0 bridgehead atoms. The highest BCUT2D eigenvalue weighted by Crippen LogP contribution is 2.52. The molecule has 7 aromatic rings. The van der Waals surface area contributed by atoms with Crippen molar-refractivity contribution in [3.05, 3.63) is 154 Å². The van der Waals surface area contributed by atoms with Crippen LogP contribution in [0.15, 0.2) is 120 Å². The average Bonchev–Trinajstić information content (AvgIpc) is 4.06. The number of likely N-dealkylation sites (tertiary alicyclic amines) is 1. The summed E-state index contributed by atoms with van der Waals surface area (Å²) in [6, 6.07) is 32.1. The van der Waals surface area contributed by atoms with Crippen LogP contribution in [0.5, 0.6) is 11.5 Å². The molecule has 2 fully saturated rings. The third-order valence-electron chi connectivity index (χ3n) is 14.4.